The molecule has 31 heavy (non-hydrogen) atoms. The van der Waals surface area contributed by atoms with Gasteiger partial charge in [0.15, 0.2) is 5.76 Å². The van der Waals surface area contributed by atoms with Crippen molar-refractivity contribution in [2.24, 2.45) is 10.1 Å². The summed E-state index contributed by atoms with van der Waals surface area (Å²) in [5.74, 6) is -0.113. The van der Waals surface area contributed by atoms with Crippen molar-refractivity contribution in [3.05, 3.63) is 95.2 Å². The van der Waals surface area contributed by atoms with Crippen LogP contribution in [-0.2, 0) is 0 Å². The molecule has 2 heterocycles. The molecule has 7 nitrogen and oxygen atoms in total. The Bertz CT molecular complexity index is 1360. The topological polar surface area (TPSA) is 85.9 Å². The second-order valence-corrected chi connectivity index (χ2v) is 8.68. The number of halogens is 3. The Morgan fingerprint density at radius 3 is 2.55 bits per heavy atom. The van der Waals surface area contributed by atoms with Crippen LogP contribution in [0.25, 0.3) is 11.3 Å². The minimum Gasteiger partial charge on any atom is -0.400 e. The van der Waals surface area contributed by atoms with Gasteiger partial charge < -0.3 is 4.42 Å². The van der Waals surface area contributed by atoms with Crippen molar-refractivity contribution in [1.82, 2.24) is 4.68 Å². The molecule has 0 saturated heterocycles. The summed E-state index contributed by atoms with van der Waals surface area (Å²) in [5.41, 5.74) is 2.31. The number of hydrogen-bond acceptors (Lipinski definition) is 6. The number of rotatable bonds is 5. The first kappa shape index (κ1) is 21.5. The molecular weight excluding hydrogens is 527 g/mol. The highest BCUT2D eigenvalue weighted by atomic mass is 79.9. The Morgan fingerprint density at radius 2 is 1.87 bits per heavy atom. The van der Waals surface area contributed by atoms with Crippen LogP contribution in [0.5, 0.6) is 0 Å². The molecule has 11 heteroatoms. The average Bonchev–Trinajstić information content (AvgIpc) is 3.37. The molecule has 2 aromatic carbocycles. The van der Waals surface area contributed by atoms with E-state index >= 15 is 0 Å². The molecule has 0 atom stereocenters. The Hall–Kier alpha value is -2.72. The molecule has 0 aliphatic carbocycles. The van der Waals surface area contributed by atoms with Crippen LogP contribution in [0.4, 0.5) is 11.6 Å². The molecule has 0 spiro atoms. The second kappa shape index (κ2) is 9.19. The van der Waals surface area contributed by atoms with E-state index in [4.69, 9.17) is 27.6 Å². The third-order valence-corrected chi connectivity index (χ3v) is 6.13. The molecule has 4 rings (SSSR count). The minimum absolute atomic E-state index is 0.243. The predicted octanol–water partition coefficient (Wildman–Crippen LogP) is 6.90. The van der Waals surface area contributed by atoms with Crippen LogP contribution in [0.2, 0.25) is 10.0 Å². The second-order valence-electron chi connectivity index (χ2n) is 6.11. The Balaban J connectivity index is 1.82. The summed E-state index contributed by atoms with van der Waals surface area (Å²) in [5, 5.41) is 18.1. The standard InChI is InChI=1S/C20H11BrCl2N4O3S/c21-13-3-1-12(2-4-13)18-11-31-20(25-14-5-7-16(22)17(23)9-14)26(18)24-10-15-6-8-19(30-15)27(28)29/h1-11H. The van der Waals surface area contributed by atoms with E-state index in [1.54, 1.807) is 22.9 Å². The van der Waals surface area contributed by atoms with Crippen molar-refractivity contribution < 1.29 is 9.34 Å². The van der Waals surface area contributed by atoms with E-state index in [0.29, 0.717) is 20.5 Å². The van der Waals surface area contributed by atoms with Crippen LogP contribution < -0.4 is 4.80 Å². The monoisotopic (exact) mass is 536 g/mol. The Kier molecular flexibility index (Phi) is 6.38. The lowest BCUT2D eigenvalue weighted by atomic mass is 10.2. The van der Waals surface area contributed by atoms with Gasteiger partial charge in [0, 0.05) is 15.4 Å². The summed E-state index contributed by atoms with van der Waals surface area (Å²) in [6, 6.07) is 15.6. The van der Waals surface area contributed by atoms with Crippen molar-refractivity contribution in [1.29, 1.82) is 0 Å². The van der Waals surface area contributed by atoms with Gasteiger partial charge >= 0.3 is 5.88 Å². The lowest BCUT2D eigenvalue weighted by Gasteiger charge is -2.04. The van der Waals surface area contributed by atoms with E-state index in [2.05, 4.69) is 26.0 Å². The van der Waals surface area contributed by atoms with E-state index < -0.39 is 4.92 Å². The molecule has 0 unspecified atom stereocenters. The van der Waals surface area contributed by atoms with Crippen LogP contribution in [0.15, 0.2) is 79.0 Å². The van der Waals surface area contributed by atoms with Gasteiger partial charge in [0.2, 0.25) is 4.80 Å². The number of aromatic nitrogens is 1. The Morgan fingerprint density at radius 1 is 1.10 bits per heavy atom. The van der Waals surface area contributed by atoms with Crippen molar-refractivity contribution in [3.8, 4) is 11.3 Å². The van der Waals surface area contributed by atoms with E-state index in [9.17, 15) is 10.1 Å². The smallest absolute Gasteiger partial charge is 0.400 e. The molecule has 0 fully saturated rings. The van der Waals surface area contributed by atoms with Crippen LogP contribution in [0.1, 0.15) is 5.76 Å². The van der Waals surface area contributed by atoms with E-state index in [-0.39, 0.29) is 11.6 Å². The highest BCUT2D eigenvalue weighted by Crippen LogP contribution is 2.27. The molecule has 0 saturated carbocycles. The zero-order valence-corrected chi connectivity index (χ0v) is 19.3. The molecule has 0 amide bonds. The first-order chi connectivity index (χ1) is 14.9. The maximum absolute atomic E-state index is 10.8. The fraction of sp³-hybridized carbons (Fsp3) is 0. The minimum atomic E-state index is -0.604. The quantitative estimate of drug-likeness (QED) is 0.157. The van der Waals surface area contributed by atoms with Crippen LogP contribution >= 0.6 is 50.5 Å². The zero-order chi connectivity index (χ0) is 22.0. The highest BCUT2D eigenvalue weighted by Gasteiger charge is 2.12. The summed E-state index contributed by atoms with van der Waals surface area (Å²) < 4.78 is 7.74. The van der Waals surface area contributed by atoms with Gasteiger partial charge in [-0.15, -0.1) is 11.3 Å². The highest BCUT2D eigenvalue weighted by molar-refractivity contribution is 9.10. The number of hydrogen-bond donors (Lipinski definition) is 0. The summed E-state index contributed by atoms with van der Waals surface area (Å²) in [6.45, 7) is 0. The zero-order valence-electron chi connectivity index (χ0n) is 15.4. The summed E-state index contributed by atoms with van der Waals surface area (Å²) in [6.07, 6.45) is 1.40. The first-order valence-electron chi connectivity index (χ1n) is 8.65. The average molecular weight is 538 g/mol. The molecular formula is C20H11BrCl2N4O3S. The molecule has 4 aromatic rings. The molecule has 156 valence electrons. The predicted molar refractivity (Wildman–Crippen MR) is 125 cm³/mol. The fourth-order valence-corrected chi connectivity index (χ4v) is 4.01. The van der Waals surface area contributed by atoms with Gasteiger partial charge in [0.05, 0.1) is 33.7 Å². The van der Waals surface area contributed by atoms with Crippen LogP contribution in [0.3, 0.4) is 0 Å². The van der Waals surface area contributed by atoms with E-state index in [1.807, 2.05) is 29.6 Å². The summed E-state index contributed by atoms with van der Waals surface area (Å²) in [4.78, 5) is 15.4. The lowest BCUT2D eigenvalue weighted by molar-refractivity contribution is -0.402. The fourth-order valence-electron chi connectivity index (χ4n) is 2.60. The summed E-state index contributed by atoms with van der Waals surface area (Å²) in [7, 11) is 0. The summed E-state index contributed by atoms with van der Waals surface area (Å²) >= 11 is 16.9. The number of furan rings is 1. The molecule has 0 radical (unpaired) electrons. The number of nitro groups is 1. The molecule has 0 bridgehead atoms. The largest absolute Gasteiger partial charge is 0.433 e. The van der Waals surface area contributed by atoms with Crippen molar-refractivity contribution in [2.45, 2.75) is 0 Å². The number of nitrogens with zero attached hydrogens (tertiary/aromatic N) is 4. The molecule has 0 aliphatic heterocycles. The third kappa shape index (κ3) is 4.96. The lowest BCUT2D eigenvalue weighted by Crippen LogP contribution is -2.11. The van der Waals surface area contributed by atoms with Gasteiger partial charge in [-0.3, -0.25) is 10.1 Å². The first-order valence-corrected chi connectivity index (χ1v) is 11.1. The molecule has 2 aromatic heterocycles. The van der Waals surface area contributed by atoms with Gasteiger partial charge in [-0.25, -0.2) is 9.67 Å². The Labute approximate surface area is 198 Å². The van der Waals surface area contributed by atoms with Gasteiger partial charge in [0.25, 0.3) is 0 Å². The molecule has 0 aliphatic rings. The van der Waals surface area contributed by atoms with Crippen molar-refractivity contribution in [3.63, 3.8) is 0 Å². The number of benzene rings is 2. The molecule has 0 N–H and O–H groups in total. The normalized spacial score (nSPS) is 12.0. The van der Waals surface area contributed by atoms with Crippen molar-refractivity contribution in [2.75, 3.05) is 0 Å². The van der Waals surface area contributed by atoms with E-state index in [1.165, 1.54) is 29.7 Å². The SMILES string of the molecule is O=[N+]([O-])c1ccc(C=Nn2c(-c3ccc(Br)cc3)csc2=Nc2ccc(Cl)c(Cl)c2)o1. The maximum Gasteiger partial charge on any atom is 0.433 e. The van der Waals surface area contributed by atoms with Gasteiger partial charge in [-0.2, -0.15) is 5.10 Å². The number of thiazole rings is 1. The van der Waals surface area contributed by atoms with Gasteiger partial charge in [0.1, 0.15) is 4.92 Å². The van der Waals surface area contributed by atoms with Crippen LogP contribution in [-0.4, -0.2) is 15.8 Å². The van der Waals surface area contributed by atoms with Gasteiger partial charge in [-0.05, 0) is 36.4 Å². The third-order valence-electron chi connectivity index (χ3n) is 4.05. The van der Waals surface area contributed by atoms with Crippen molar-refractivity contribution >= 4 is 68.3 Å². The van der Waals surface area contributed by atoms with Crippen LogP contribution in [0, 0.1) is 10.1 Å². The maximum atomic E-state index is 10.8. The van der Waals surface area contributed by atoms with E-state index in [0.717, 1.165) is 15.7 Å². The van der Waals surface area contributed by atoms with Gasteiger partial charge in [-0.1, -0.05) is 51.3 Å².